The van der Waals surface area contributed by atoms with Gasteiger partial charge in [0.05, 0.1) is 6.10 Å². The maximum atomic E-state index is 13.8. The van der Waals surface area contributed by atoms with Crippen molar-refractivity contribution in [2.75, 3.05) is 0 Å². The van der Waals surface area contributed by atoms with Crippen LogP contribution in [0.4, 0.5) is 0 Å². The van der Waals surface area contributed by atoms with Crippen LogP contribution >= 0.6 is 0 Å². The molecule has 0 amide bonds. The second kappa shape index (κ2) is 7.90. The zero-order chi connectivity index (χ0) is 21.8. The molecule has 0 aromatic heterocycles. The van der Waals surface area contributed by atoms with Crippen molar-refractivity contribution in [2.24, 2.45) is 52.3 Å². The number of carboxylic acids is 1. The van der Waals surface area contributed by atoms with Crippen molar-refractivity contribution < 1.29 is 19.8 Å². The molecule has 2 N–H and O–H groups in total. The van der Waals surface area contributed by atoms with Crippen molar-refractivity contribution in [1.82, 2.24) is 0 Å². The van der Waals surface area contributed by atoms with Gasteiger partial charge in [-0.2, -0.15) is 0 Å². The zero-order valence-electron chi connectivity index (χ0n) is 19.4. The van der Waals surface area contributed by atoms with Crippen molar-refractivity contribution in [1.29, 1.82) is 0 Å². The highest BCUT2D eigenvalue weighted by Gasteiger charge is 2.67. The number of carbonyl (C=O) groups is 2. The Balaban J connectivity index is 1.67. The minimum Gasteiger partial charge on any atom is -0.481 e. The molecule has 4 rings (SSSR count). The molecule has 0 saturated heterocycles. The van der Waals surface area contributed by atoms with Crippen LogP contribution in [-0.2, 0) is 9.59 Å². The smallest absolute Gasteiger partial charge is 0.303 e. The molecular weight excluding hydrogens is 376 g/mol. The SMILES string of the molecule is CC[C@H]1[C@@H](O)C2C3CC[C@H]([C@H](C)CCC(=O)O)[C@@]3(C)CC(=O)C2[C@@]2(C)CCCC[C@@H]12. The molecule has 0 radical (unpaired) electrons. The van der Waals surface area contributed by atoms with Crippen LogP contribution < -0.4 is 0 Å². The van der Waals surface area contributed by atoms with Crippen LogP contribution in [0.2, 0.25) is 0 Å². The summed E-state index contributed by atoms with van der Waals surface area (Å²) in [6.45, 7) is 9.08. The van der Waals surface area contributed by atoms with E-state index in [1.54, 1.807) is 0 Å². The van der Waals surface area contributed by atoms with E-state index in [9.17, 15) is 14.7 Å². The van der Waals surface area contributed by atoms with Gasteiger partial charge in [0.2, 0.25) is 0 Å². The van der Waals surface area contributed by atoms with E-state index in [2.05, 4.69) is 27.7 Å². The summed E-state index contributed by atoms with van der Waals surface area (Å²) >= 11 is 0. The number of aliphatic hydroxyl groups excluding tert-OH is 1. The van der Waals surface area contributed by atoms with Crippen LogP contribution in [0.15, 0.2) is 0 Å². The number of ketones is 1. The number of hydrogen-bond acceptors (Lipinski definition) is 3. The second-order valence-corrected chi connectivity index (χ2v) is 11.8. The van der Waals surface area contributed by atoms with Crippen LogP contribution in [0, 0.1) is 52.3 Å². The lowest BCUT2D eigenvalue weighted by molar-refractivity contribution is -0.195. The molecule has 10 atom stereocenters. The number of aliphatic hydroxyl groups is 1. The van der Waals surface area contributed by atoms with Crippen molar-refractivity contribution in [3.8, 4) is 0 Å². The number of Topliss-reactive ketones (excluding diaryl/α,β-unsaturated/α-hetero) is 1. The van der Waals surface area contributed by atoms with Gasteiger partial charge in [-0.05, 0) is 78.4 Å². The predicted octanol–water partition coefficient (Wildman–Crippen LogP) is 5.32. The van der Waals surface area contributed by atoms with Gasteiger partial charge in [0.15, 0.2) is 0 Å². The maximum absolute atomic E-state index is 13.8. The first-order valence-electron chi connectivity index (χ1n) is 12.6. The van der Waals surface area contributed by atoms with Gasteiger partial charge in [-0.25, -0.2) is 0 Å². The molecule has 0 heterocycles. The molecule has 30 heavy (non-hydrogen) atoms. The van der Waals surface area contributed by atoms with E-state index >= 15 is 0 Å². The summed E-state index contributed by atoms with van der Waals surface area (Å²) in [6.07, 6.45) is 9.07. The topological polar surface area (TPSA) is 74.6 Å². The Morgan fingerprint density at radius 1 is 1.13 bits per heavy atom. The Kier molecular flexibility index (Phi) is 5.87. The van der Waals surface area contributed by atoms with Crippen molar-refractivity contribution in [3.05, 3.63) is 0 Å². The van der Waals surface area contributed by atoms with Crippen molar-refractivity contribution in [3.63, 3.8) is 0 Å². The molecule has 0 aromatic rings. The highest BCUT2D eigenvalue weighted by Crippen LogP contribution is 2.68. The number of aliphatic carboxylic acids is 1. The molecule has 0 aromatic carbocycles. The zero-order valence-corrected chi connectivity index (χ0v) is 19.4. The fourth-order valence-electron chi connectivity index (χ4n) is 9.37. The first kappa shape index (κ1) is 22.3. The monoisotopic (exact) mass is 418 g/mol. The molecule has 0 spiro atoms. The number of fused-ring (bicyclic) bond motifs is 5. The van der Waals surface area contributed by atoms with Gasteiger partial charge >= 0.3 is 5.97 Å². The Morgan fingerprint density at radius 3 is 2.53 bits per heavy atom. The number of hydrogen-bond donors (Lipinski definition) is 2. The third kappa shape index (κ3) is 3.19. The fraction of sp³-hybridized carbons (Fsp3) is 0.923. The second-order valence-electron chi connectivity index (χ2n) is 11.8. The Morgan fingerprint density at radius 2 is 1.87 bits per heavy atom. The summed E-state index contributed by atoms with van der Waals surface area (Å²) < 4.78 is 0. The van der Waals surface area contributed by atoms with E-state index in [0.717, 1.165) is 25.7 Å². The Labute approximate surface area is 182 Å². The molecule has 4 heteroatoms. The normalized spacial score (nSPS) is 49.1. The standard InChI is InChI=1S/C26H42O4/c1-5-16-18-8-6-7-13-25(18,3)23-20(27)14-26(4)17(15(2)9-12-21(28)29)10-11-19(26)22(23)24(16)30/h15-19,22-24,30H,5-14H2,1-4H3,(H,28,29)/t15-,16-,17-,18+,19?,22?,23?,24-,25+,26-/m1/s1. The average molecular weight is 419 g/mol. The number of rotatable bonds is 5. The average Bonchev–Trinajstić information content (AvgIpc) is 3.02. The third-order valence-electron chi connectivity index (χ3n) is 10.6. The van der Waals surface area contributed by atoms with Crippen LogP contribution in [0.5, 0.6) is 0 Å². The third-order valence-corrected chi connectivity index (χ3v) is 10.6. The van der Waals surface area contributed by atoms with Crippen molar-refractivity contribution in [2.45, 2.75) is 98.0 Å². The summed E-state index contributed by atoms with van der Waals surface area (Å²) in [5.74, 6) is 1.66. The van der Waals surface area contributed by atoms with Gasteiger partial charge in [0, 0.05) is 18.8 Å². The lowest BCUT2D eigenvalue weighted by atomic mass is 9.41. The van der Waals surface area contributed by atoms with E-state index in [4.69, 9.17) is 5.11 Å². The summed E-state index contributed by atoms with van der Waals surface area (Å²) in [5, 5.41) is 20.8. The highest BCUT2D eigenvalue weighted by atomic mass is 16.4. The molecular formula is C26H42O4. The van der Waals surface area contributed by atoms with E-state index in [1.165, 1.54) is 19.3 Å². The van der Waals surface area contributed by atoms with Gasteiger partial charge in [0.25, 0.3) is 0 Å². The fourth-order valence-corrected chi connectivity index (χ4v) is 9.37. The first-order chi connectivity index (χ1) is 14.1. The van der Waals surface area contributed by atoms with Crippen LogP contribution in [0.1, 0.15) is 91.9 Å². The van der Waals surface area contributed by atoms with E-state index in [1.807, 2.05) is 0 Å². The lowest BCUT2D eigenvalue weighted by Crippen LogP contribution is -2.64. The van der Waals surface area contributed by atoms with Gasteiger partial charge in [0.1, 0.15) is 5.78 Å². The van der Waals surface area contributed by atoms with Gasteiger partial charge in [-0.15, -0.1) is 0 Å². The number of carboxylic acid groups (broad SMARTS) is 1. The Bertz CT molecular complexity index is 689. The summed E-state index contributed by atoms with van der Waals surface area (Å²) in [6, 6.07) is 0. The van der Waals surface area contributed by atoms with Gasteiger partial charge in [-0.1, -0.05) is 47.0 Å². The molecule has 4 aliphatic carbocycles. The van der Waals surface area contributed by atoms with Gasteiger partial charge < -0.3 is 10.2 Å². The summed E-state index contributed by atoms with van der Waals surface area (Å²) in [7, 11) is 0. The molecule has 4 fully saturated rings. The van der Waals surface area contributed by atoms with E-state index in [-0.39, 0.29) is 35.2 Å². The summed E-state index contributed by atoms with van der Waals surface area (Å²) in [5.41, 5.74) is -0.0401. The molecule has 3 unspecified atom stereocenters. The summed E-state index contributed by atoms with van der Waals surface area (Å²) in [4.78, 5) is 24.9. The molecule has 4 saturated carbocycles. The molecule has 170 valence electrons. The lowest BCUT2D eigenvalue weighted by Gasteiger charge is -2.63. The largest absolute Gasteiger partial charge is 0.481 e. The van der Waals surface area contributed by atoms with E-state index in [0.29, 0.717) is 48.2 Å². The quantitative estimate of drug-likeness (QED) is 0.633. The minimum absolute atomic E-state index is 0.0201. The maximum Gasteiger partial charge on any atom is 0.303 e. The van der Waals surface area contributed by atoms with Crippen LogP contribution in [-0.4, -0.2) is 28.1 Å². The molecule has 4 aliphatic rings. The molecule has 0 aliphatic heterocycles. The predicted molar refractivity (Wildman–Crippen MR) is 117 cm³/mol. The van der Waals surface area contributed by atoms with Crippen molar-refractivity contribution >= 4 is 11.8 Å². The number of carbonyl (C=O) groups excluding carboxylic acids is 1. The van der Waals surface area contributed by atoms with Crippen LogP contribution in [0.25, 0.3) is 0 Å². The Hall–Kier alpha value is -0.900. The van der Waals surface area contributed by atoms with E-state index < -0.39 is 5.97 Å². The highest BCUT2D eigenvalue weighted by molar-refractivity contribution is 5.84. The minimum atomic E-state index is -0.730. The first-order valence-corrected chi connectivity index (χ1v) is 12.6. The van der Waals surface area contributed by atoms with Crippen LogP contribution in [0.3, 0.4) is 0 Å². The van der Waals surface area contributed by atoms with Gasteiger partial charge in [-0.3, -0.25) is 9.59 Å². The molecule has 0 bridgehead atoms. The molecule has 4 nitrogen and oxygen atoms in total.